The van der Waals surface area contributed by atoms with E-state index in [0.29, 0.717) is 6.42 Å². The van der Waals surface area contributed by atoms with Crippen LogP contribution in [0.3, 0.4) is 0 Å². The van der Waals surface area contributed by atoms with Gasteiger partial charge in [-0.3, -0.25) is 0 Å². The highest BCUT2D eigenvalue weighted by atomic mass is 16.3. The van der Waals surface area contributed by atoms with Crippen molar-refractivity contribution in [2.45, 2.75) is 32.1 Å². The lowest BCUT2D eigenvalue weighted by Crippen LogP contribution is -2.38. The smallest absolute Gasteiger partial charge is 0.0553 e. The maximum absolute atomic E-state index is 9.96. The Kier molecular flexibility index (Phi) is 5.16. The Morgan fingerprint density at radius 1 is 0.857 bits per heavy atom. The van der Waals surface area contributed by atoms with E-state index in [1.165, 1.54) is 5.56 Å². The third-order valence-electron chi connectivity index (χ3n) is 4.30. The number of benzene rings is 2. The summed E-state index contributed by atoms with van der Waals surface area (Å²) in [6, 6.07) is 16.4. The highest BCUT2D eigenvalue weighted by Crippen LogP contribution is 2.30. The van der Waals surface area contributed by atoms with Gasteiger partial charge in [-0.15, -0.1) is 0 Å². The van der Waals surface area contributed by atoms with Crippen molar-refractivity contribution in [2.75, 3.05) is 13.2 Å². The number of hydrogen-bond acceptors (Lipinski definition) is 2. The minimum Gasteiger partial charge on any atom is -0.395 e. The summed E-state index contributed by atoms with van der Waals surface area (Å²) in [5.74, 6) is 0. The van der Waals surface area contributed by atoms with Gasteiger partial charge in [0.15, 0.2) is 0 Å². The number of hydrogen-bond donors (Lipinski definition) is 2. The fraction of sp³-hybridized carbons (Fsp3) is 0.368. The van der Waals surface area contributed by atoms with Gasteiger partial charge in [-0.25, -0.2) is 0 Å². The van der Waals surface area contributed by atoms with Gasteiger partial charge in [-0.1, -0.05) is 55.5 Å². The summed E-state index contributed by atoms with van der Waals surface area (Å²) in [4.78, 5) is 0. The van der Waals surface area contributed by atoms with E-state index in [-0.39, 0.29) is 13.2 Å². The van der Waals surface area contributed by atoms with Gasteiger partial charge in [-0.05, 0) is 42.0 Å². The number of aliphatic hydroxyl groups excluding tert-OH is 2. The van der Waals surface area contributed by atoms with Crippen LogP contribution in [-0.4, -0.2) is 23.4 Å². The molecule has 0 fully saturated rings. The topological polar surface area (TPSA) is 40.5 Å². The summed E-state index contributed by atoms with van der Waals surface area (Å²) in [7, 11) is 0. The van der Waals surface area contributed by atoms with Crippen LogP contribution in [0.4, 0.5) is 0 Å². The van der Waals surface area contributed by atoms with Crippen LogP contribution in [0.15, 0.2) is 48.5 Å². The molecular weight excluding hydrogens is 260 g/mol. The van der Waals surface area contributed by atoms with Crippen LogP contribution in [0.2, 0.25) is 0 Å². The molecule has 21 heavy (non-hydrogen) atoms. The summed E-state index contributed by atoms with van der Waals surface area (Å²) >= 11 is 0. The molecule has 2 heteroatoms. The van der Waals surface area contributed by atoms with E-state index in [1.807, 2.05) is 31.2 Å². The normalized spacial score (nSPS) is 11.6. The van der Waals surface area contributed by atoms with E-state index in [9.17, 15) is 10.2 Å². The van der Waals surface area contributed by atoms with Gasteiger partial charge in [0.2, 0.25) is 0 Å². The molecule has 112 valence electrons. The molecule has 0 amide bonds. The van der Waals surface area contributed by atoms with Gasteiger partial charge in [0.05, 0.1) is 13.2 Å². The molecule has 0 aliphatic rings. The molecule has 0 spiro atoms. The second-order valence-electron chi connectivity index (χ2n) is 5.76. The molecule has 0 unspecified atom stereocenters. The van der Waals surface area contributed by atoms with E-state index in [1.54, 1.807) is 0 Å². The molecule has 0 saturated carbocycles. The Balaban J connectivity index is 2.36. The number of aryl methyl sites for hydroxylation is 2. The molecule has 0 aliphatic carbocycles. The lowest BCUT2D eigenvalue weighted by atomic mass is 9.75. The Morgan fingerprint density at radius 2 is 1.43 bits per heavy atom. The van der Waals surface area contributed by atoms with Crippen LogP contribution in [0.25, 0.3) is 0 Å². The van der Waals surface area contributed by atoms with Crippen molar-refractivity contribution in [3.05, 3.63) is 70.8 Å². The summed E-state index contributed by atoms with van der Waals surface area (Å²) < 4.78 is 0. The van der Waals surface area contributed by atoms with Crippen molar-refractivity contribution in [3.8, 4) is 0 Å². The first-order valence-electron chi connectivity index (χ1n) is 7.51. The minimum absolute atomic E-state index is 0.0656. The quantitative estimate of drug-likeness (QED) is 0.856. The van der Waals surface area contributed by atoms with Gasteiger partial charge in [0.25, 0.3) is 0 Å². The zero-order valence-corrected chi connectivity index (χ0v) is 12.8. The van der Waals surface area contributed by atoms with Crippen molar-refractivity contribution >= 4 is 0 Å². The molecule has 0 radical (unpaired) electrons. The second-order valence-corrected chi connectivity index (χ2v) is 5.76. The first-order valence-corrected chi connectivity index (χ1v) is 7.51. The largest absolute Gasteiger partial charge is 0.395 e. The van der Waals surface area contributed by atoms with Crippen molar-refractivity contribution in [1.29, 1.82) is 0 Å². The van der Waals surface area contributed by atoms with Crippen LogP contribution >= 0.6 is 0 Å². The van der Waals surface area contributed by atoms with Crippen molar-refractivity contribution in [2.24, 2.45) is 0 Å². The Labute approximate surface area is 127 Å². The maximum Gasteiger partial charge on any atom is 0.0553 e. The fourth-order valence-electron chi connectivity index (χ4n) is 2.88. The van der Waals surface area contributed by atoms with Crippen molar-refractivity contribution in [3.63, 3.8) is 0 Å². The SMILES string of the molecule is CCc1ccc(CC(CO)(CO)c2ccccc2C)cc1. The molecule has 2 rings (SSSR count). The maximum atomic E-state index is 9.96. The van der Waals surface area contributed by atoms with Crippen LogP contribution in [0.1, 0.15) is 29.2 Å². The minimum atomic E-state index is -0.626. The molecule has 0 atom stereocenters. The monoisotopic (exact) mass is 284 g/mol. The van der Waals surface area contributed by atoms with Crippen LogP contribution < -0.4 is 0 Å². The van der Waals surface area contributed by atoms with Gasteiger partial charge in [-0.2, -0.15) is 0 Å². The Hall–Kier alpha value is -1.64. The van der Waals surface area contributed by atoms with Gasteiger partial charge in [0, 0.05) is 5.41 Å². The zero-order chi connectivity index (χ0) is 15.3. The molecule has 2 aromatic rings. The molecule has 2 N–H and O–H groups in total. The summed E-state index contributed by atoms with van der Waals surface area (Å²) in [5, 5.41) is 19.9. The summed E-state index contributed by atoms with van der Waals surface area (Å²) in [5.41, 5.74) is 3.94. The van der Waals surface area contributed by atoms with E-state index in [4.69, 9.17) is 0 Å². The van der Waals surface area contributed by atoms with Crippen LogP contribution in [0.5, 0.6) is 0 Å². The lowest BCUT2D eigenvalue weighted by Gasteiger charge is -2.32. The molecule has 0 aromatic heterocycles. The first kappa shape index (κ1) is 15.7. The third kappa shape index (κ3) is 3.34. The predicted molar refractivity (Wildman–Crippen MR) is 86.6 cm³/mol. The number of rotatable bonds is 6. The number of aliphatic hydroxyl groups is 2. The van der Waals surface area contributed by atoms with Crippen molar-refractivity contribution in [1.82, 2.24) is 0 Å². The highest BCUT2D eigenvalue weighted by Gasteiger charge is 2.32. The van der Waals surface area contributed by atoms with Crippen molar-refractivity contribution < 1.29 is 10.2 Å². The van der Waals surface area contributed by atoms with Gasteiger partial charge >= 0.3 is 0 Å². The molecule has 0 saturated heterocycles. The Morgan fingerprint density at radius 3 is 1.95 bits per heavy atom. The standard InChI is InChI=1S/C19H24O2/c1-3-16-8-10-17(11-9-16)12-19(13-20,14-21)18-7-5-4-6-15(18)2/h4-11,20-21H,3,12-14H2,1-2H3. The summed E-state index contributed by atoms with van der Waals surface area (Å²) in [6.07, 6.45) is 1.65. The Bertz CT molecular complexity index is 568. The first-order chi connectivity index (χ1) is 10.1. The van der Waals surface area contributed by atoms with E-state index >= 15 is 0 Å². The van der Waals surface area contributed by atoms with Gasteiger partial charge in [0.1, 0.15) is 0 Å². The van der Waals surface area contributed by atoms with E-state index < -0.39 is 5.41 Å². The van der Waals surface area contributed by atoms with Crippen LogP contribution in [-0.2, 0) is 18.3 Å². The molecule has 2 aromatic carbocycles. The van der Waals surface area contributed by atoms with Crippen LogP contribution in [0, 0.1) is 6.92 Å². The fourth-order valence-corrected chi connectivity index (χ4v) is 2.88. The average molecular weight is 284 g/mol. The molecule has 0 aliphatic heterocycles. The zero-order valence-electron chi connectivity index (χ0n) is 12.8. The van der Waals surface area contributed by atoms with E-state index in [0.717, 1.165) is 23.1 Å². The molecule has 0 heterocycles. The highest BCUT2D eigenvalue weighted by molar-refractivity contribution is 5.36. The second kappa shape index (κ2) is 6.88. The third-order valence-corrected chi connectivity index (χ3v) is 4.30. The molecular formula is C19H24O2. The summed E-state index contributed by atoms with van der Waals surface area (Å²) in [6.45, 7) is 4.03. The molecule has 0 bridgehead atoms. The molecule has 2 nitrogen and oxygen atoms in total. The lowest BCUT2D eigenvalue weighted by molar-refractivity contribution is 0.116. The average Bonchev–Trinajstić information content (AvgIpc) is 2.54. The van der Waals surface area contributed by atoms with Gasteiger partial charge < -0.3 is 10.2 Å². The predicted octanol–water partition coefficient (Wildman–Crippen LogP) is 3.02. The van der Waals surface area contributed by atoms with E-state index in [2.05, 4.69) is 31.2 Å².